The third-order valence-electron chi connectivity index (χ3n) is 3.61. The molecule has 0 aliphatic carbocycles. The zero-order chi connectivity index (χ0) is 16.5. The molecule has 1 fully saturated rings. The van der Waals surface area contributed by atoms with Crippen molar-refractivity contribution >= 4 is 39.4 Å². The van der Waals surface area contributed by atoms with Crippen LogP contribution in [0, 0.1) is 5.92 Å². The van der Waals surface area contributed by atoms with E-state index in [0.717, 1.165) is 4.47 Å². The molecule has 2 amide bonds. The first kappa shape index (κ1) is 16.5. The van der Waals surface area contributed by atoms with Gasteiger partial charge in [0, 0.05) is 17.4 Å². The average molecular weight is 369 g/mol. The number of carboxylic acid groups (broad SMARTS) is 1. The van der Waals surface area contributed by atoms with Gasteiger partial charge >= 0.3 is 5.97 Å². The smallest absolute Gasteiger partial charge is 0.328 e. The summed E-state index contributed by atoms with van der Waals surface area (Å²) in [6.07, 6.45) is 0.0723. The summed E-state index contributed by atoms with van der Waals surface area (Å²) in [4.78, 5) is 37.0. The molecule has 0 spiro atoms. The summed E-state index contributed by atoms with van der Waals surface area (Å²) < 4.78 is 0.773. The summed E-state index contributed by atoms with van der Waals surface area (Å²) in [7, 11) is 0. The molecule has 1 saturated heterocycles. The molecule has 118 valence electrons. The number of aliphatic carboxylic acids is 1. The number of anilines is 1. The lowest BCUT2D eigenvalue weighted by Gasteiger charge is -2.23. The number of hydrogen-bond acceptors (Lipinski definition) is 3. The molecular weight excluding hydrogens is 352 g/mol. The molecular formula is C15H17BrN2O4. The van der Waals surface area contributed by atoms with Crippen molar-refractivity contribution < 1.29 is 19.5 Å². The summed E-state index contributed by atoms with van der Waals surface area (Å²) in [5.41, 5.74) is -0.652. The van der Waals surface area contributed by atoms with Gasteiger partial charge in [0.15, 0.2) is 0 Å². The Bertz CT molecular complexity index is 630. The highest BCUT2D eigenvalue weighted by atomic mass is 79.9. The Labute approximate surface area is 136 Å². The Hall–Kier alpha value is -1.89. The molecule has 1 aliphatic rings. The highest BCUT2D eigenvalue weighted by Crippen LogP contribution is 2.31. The fourth-order valence-corrected chi connectivity index (χ4v) is 2.75. The lowest BCUT2D eigenvalue weighted by molar-refractivity contribution is -0.146. The number of rotatable bonds is 4. The van der Waals surface area contributed by atoms with Crippen molar-refractivity contribution in [1.82, 2.24) is 5.32 Å². The first-order valence-electron chi connectivity index (χ1n) is 6.82. The Morgan fingerprint density at radius 2 is 2.00 bits per heavy atom. The van der Waals surface area contributed by atoms with Crippen molar-refractivity contribution in [2.45, 2.75) is 25.8 Å². The second-order valence-electron chi connectivity index (χ2n) is 5.78. The van der Waals surface area contributed by atoms with Gasteiger partial charge in [-0.15, -0.1) is 0 Å². The van der Waals surface area contributed by atoms with Crippen LogP contribution in [0.1, 0.15) is 20.3 Å². The number of carbonyl (C=O) groups is 3. The minimum atomic E-state index is -1.36. The first-order valence-corrected chi connectivity index (χ1v) is 7.62. The molecule has 1 heterocycles. The van der Waals surface area contributed by atoms with Gasteiger partial charge in [0.05, 0.1) is 11.6 Å². The van der Waals surface area contributed by atoms with Crippen LogP contribution >= 0.6 is 15.9 Å². The van der Waals surface area contributed by atoms with Crippen LogP contribution in [0.3, 0.4) is 0 Å². The topological polar surface area (TPSA) is 86.7 Å². The number of carbonyl (C=O) groups excluding carboxylic acids is 2. The van der Waals surface area contributed by atoms with E-state index < -0.39 is 23.3 Å². The summed E-state index contributed by atoms with van der Waals surface area (Å²) >= 11 is 3.39. The predicted molar refractivity (Wildman–Crippen MR) is 84.5 cm³/mol. The van der Waals surface area contributed by atoms with Crippen LogP contribution in [0.4, 0.5) is 5.69 Å². The number of amides is 2. The van der Waals surface area contributed by atoms with E-state index in [4.69, 9.17) is 5.11 Å². The zero-order valence-corrected chi connectivity index (χ0v) is 13.9. The summed E-state index contributed by atoms with van der Waals surface area (Å²) in [6.45, 7) is 3.06. The van der Waals surface area contributed by atoms with Gasteiger partial charge in [-0.2, -0.15) is 0 Å². The highest BCUT2D eigenvalue weighted by Gasteiger charge is 2.39. The summed E-state index contributed by atoms with van der Waals surface area (Å²) in [6, 6.07) is 7.27. The number of halogens is 1. The molecule has 1 aromatic rings. The SMILES string of the molecule is CC(C)(NC(=O)C1CC(=O)N(c2ccccc2Br)C1)C(=O)O. The Balaban J connectivity index is 2.11. The summed E-state index contributed by atoms with van der Waals surface area (Å²) in [5.74, 6) is -2.25. The van der Waals surface area contributed by atoms with E-state index in [0.29, 0.717) is 5.69 Å². The van der Waals surface area contributed by atoms with Crippen LogP contribution in [0.2, 0.25) is 0 Å². The van der Waals surface area contributed by atoms with E-state index in [9.17, 15) is 14.4 Å². The van der Waals surface area contributed by atoms with E-state index in [-0.39, 0.29) is 18.9 Å². The molecule has 0 saturated carbocycles. The number of nitrogens with zero attached hydrogens (tertiary/aromatic N) is 1. The molecule has 6 nitrogen and oxygen atoms in total. The van der Waals surface area contributed by atoms with Gasteiger partial charge < -0.3 is 15.3 Å². The third kappa shape index (κ3) is 3.30. The minimum Gasteiger partial charge on any atom is -0.480 e. The molecule has 7 heteroatoms. The standard InChI is InChI=1S/C15H17BrN2O4/c1-15(2,14(21)22)17-13(20)9-7-12(19)18(8-9)11-6-4-3-5-10(11)16/h3-6,9H,7-8H2,1-2H3,(H,17,20)(H,21,22). The van der Waals surface area contributed by atoms with Gasteiger partial charge in [-0.1, -0.05) is 12.1 Å². The molecule has 1 unspecified atom stereocenters. The second-order valence-corrected chi connectivity index (χ2v) is 6.63. The largest absolute Gasteiger partial charge is 0.480 e. The third-order valence-corrected chi connectivity index (χ3v) is 4.28. The molecule has 2 rings (SSSR count). The highest BCUT2D eigenvalue weighted by molar-refractivity contribution is 9.10. The van der Waals surface area contributed by atoms with Gasteiger partial charge in [-0.05, 0) is 41.9 Å². The van der Waals surface area contributed by atoms with Crippen LogP contribution in [-0.4, -0.2) is 35.0 Å². The Kier molecular flexibility index (Phi) is 4.55. The van der Waals surface area contributed by atoms with Gasteiger partial charge in [-0.3, -0.25) is 9.59 Å². The maximum absolute atomic E-state index is 12.2. The fourth-order valence-electron chi connectivity index (χ4n) is 2.25. The van der Waals surface area contributed by atoms with E-state index in [1.165, 1.54) is 13.8 Å². The van der Waals surface area contributed by atoms with Crippen LogP contribution in [-0.2, 0) is 14.4 Å². The summed E-state index contributed by atoms with van der Waals surface area (Å²) in [5, 5.41) is 11.5. The molecule has 1 atom stereocenters. The van der Waals surface area contributed by atoms with Gasteiger partial charge in [-0.25, -0.2) is 4.79 Å². The monoisotopic (exact) mass is 368 g/mol. The molecule has 2 N–H and O–H groups in total. The fraction of sp³-hybridized carbons (Fsp3) is 0.400. The Morgan fingerprint density at radius 3 is 2.59 bits per heavy atom. The number of nitrogens with one attached hydrogen (secondary N) is 1. The second kappa shape index (κ2) is 6.08. The van der Waals surface area contributed by atoms with E-state index >= 15 is 0 Å². The molecule has 0 aromatic heterocycles. The molecule has 0 radical (unpaired) electrons. The van der Waals surface area contributed by atoms with Crippen molar-refractivity contribution in [3.05, 3.63) is 28.7 Å². The molecule has 1 aliphatic heterocycles. The molecule has 0 bridgehead atoms. The van der Waals surface area contributed by atoms with Gasteiger partial charge in [0.25, 0.3) is 0 Å². The number of hydrogen-bond donors (Lipinski definition) is 2. The van der Waals surface area contributed by atoms with Crippen molar-refractivity contribution in [1.29, 1.82) is 0 Å². The van der Waals surface area contributed by atoms with E-state index in [1.807, 2.05) is 18.2 Å². The van der Waals surface area contributed by atoms with Crippen molar-refractivity contribution in [2.24, 2.45) is 5.92 Å². The number of carboxylic acids is 1. The minimum absolute atomic E-state index is 0.0723. The number of benzene rings is 1. The van der Waals surface area contributed by atoms with Crippen molar-refractivity contribution in [2.75, 3.05) is 11.4 Å². The number of para-hydroxylation sites is 1. The van der Waals surface area contributed by atoms with Crippen LogP contribution in [0.15, 0.2) is 28.7 Å². The molecule has 1 aromatic carbocycles. The van der Waals surface area contributed by atoms with Crippen LogP contribution in [0.25, 0.3) is 0 Å². The van der Waals surface area contributed by atoms with E-state index in [2.05, 4.69) is 21.2 Å². The normalized spacial score (nSPS) is 18.4. The predicted octanol–water partition coefficient (Wildman–Crippen LogP) is 1.78. The van der Waals surface area contributed by atoms with Crippen molar-refractivity contribution in [3.63, 3.8) is 0 Å². The average Bonchev–Trinajstić information content (AvgIpc) is 2.81. The molecule has 22 heavy (non-hydrogen) atoms. The van der Waals surface area contributed by atoms with Crippen LogP contribution in [0.5, 0.6) is 0 Å². The lowest BCUT2D eigenvalue weighted by Crippen LogP contribution is -2.51. The maximum atomic E-state index is 12.2. The lowest BCUT2D eigenvalue weighted by atomic mass is 10.0. The first-order chi connectivity index (χ1) is 10.2. The Morgan fingerprint density at radius 1 is 1.36 bits per heavy atom. The quantitative estimate of drug-likeness (QED) is 0.847. The van der Waals surface area contributed by atoms with Gasteiger partial charge in [0.1, 0.15) is 5.54 Å². The van der Waals surface area contributed by atoms with E-state index in [1.54, 1.807) is 11.0 Å². The zero-order valence-electron chi connectivity index (χ0n) is 12.3. The van der Waals surface area contributed by atoms with Crippen molar-refractivity contribution in [3.8, 4) is 0 Å². The van der Waals surface area contributed by atoms with Crippen LogP contribution < -0.4 is 10.2 Å². The maximum Gasteiger partial charge on any atom is 0.328 e. The van der Waals surface area contributed by atoms with Gasteiger partial charge in [0.2, 0.25) is 11.8 Å².